The Balaban J connectivity index is 2.15. The lowest BCUT2D eigenvalue weighted by Gasteiger charge is -2.29. The molecule has 1 N–H and O–H groups in total. The molecule has 0 bridgehead atoms. The fraction of sp³-hybridized carbons (Fsp3) is 0.533. The SMILES string of the molecule is CC[C@@H](CO)N(Cc1ccsc1)Cc1cc(C)nn1C. The van der Waals surface area contributed by atoms with E-state index in [0.29, 0.717) is 0 Å². The van der Waals surface area contributed by atoms with E-state index >= 15 is 0 Å². The number of aliphatic hydroxyl groups is 1. The first kappa shape index (κ1) is 15.2. The normalized spacial score (nSPS) is 13.1. The lowest BCUT2D eigenvalue weighted by molar-refractivity contribution is 0.104. The lowest BCUT2D eigenvalue weighted by atomic mass is 10.1. The van der Waals surface area contributed by atoms with Crippen molar-refractivity contribution in [3.63, 3.8) is 0 Å². The van der Waals surface area contributed by atoms with Crippen molar-refractivity contribution in [2.45, 2.75) is 39.4 Å². The molecule has 0 unspecified atom stereocenters. The minimum absolute atomic E-state index is 0.185. The van der Waals surface area contributed by atoms with Crippen LogP contribution in [0.1, 0.15) is 30.3 Å². The molecule has 2 aromatic rings. The third-order valence-corrected chi connectivity index (χ3v) is 4.36. The van der Waals surface area contributed by atoms with Crippen LogP contribution >= 0.6 is 11.3 Å². The topological polar surface area (TPSA) is 41.3 Å². The summed E-state index contributed by atoms with van der Waals surface area (Å²) >= 11 is 1.72. The third kappa shape index (κ3) is 3.69. The van der Waals surface area contributed by atoms with E-state index in [-0.39, 0.29) is 12.6 Å². The Hall–Kier alpha value is -1.17. The first-order chi connectivity index (χ1) is 9.63. The molecule has 2 heterocycles. The standard InChI is InChI=1S/C15H23N3OS/c1-4-14(10-19)18(8-13-5-6-20-11-13)9-15-7-12(2)16-17(15)3/h5-7,11,14,19H,4,8-10H2,1-3H3/t14-/m0/s1. The second-order valence-corrected chi connectivity index (χ2v) is 5.96. The number of thiophene rings is 1. The number of hydrogen-bond donors (Lipinski definition) is 1. The maximum absolute atomic E-state index is 9.62. The molecule has 20 heavy (non-hydrogen) atoms. The van der Waals surface area contributed by atoms with Crippen LogP contribution in [0.5, 0.6) is 0 Å². The van der Waals surface area contributed by atoms with Gasteiger partial charge in [0.25, 0.3) is 0 Å². The van der Waals surface area contributed by atoms with Crippen molar-refractivity contribution in [3.05, 3.63) is 39.8 Å². The molecule has 2 rings (SSSR count). The van der Waals surface area contributed by atoms with Crippen molar-refractivity contribution in [1.82, 2.24) is 14.7 Å². The van der Waals surface area contributed by atoms with E-state index in [1.54, 1.807) is 11.3 Å². The summed E-state index contributed by atoms with van der Waals surface area (Å²) in [7, 11) is 1.98. The van der Waals surface area contributed by atoms with Crippen LogP contribution in [0.3, 0.4) is 0 Å². The minimum Gasteiger partial charge on any atom is -0.395 e. The highest BCUT2D eigenvalue weighted by molar-refractivity contribution is 7.07. The van der Waals surface area contributed by atoms with Gasteiger partial charge in [0.05, 0.1) is 18.0 Å². The van der Waals surface area contributed by atoms with E-state index in [4.69, 9.17) is 0 Å². The molecule has 0 amide bonds. The fourth-order valence-corrected chi connectivity index (χ4v) is 3.11. The molecule has 110 valence electrons. The fourth-order valence-electron chi connectivity index (χ4n) is 2.45. The second-order valence-electron chi connectivity index (χ2n) is 5.18. The monoisotopic (exact) mass is 293 g/mol. The van der Waals surface area contributed by atoms with Crippen LogP contribution in [0.25, 0.3) is 0 Å². The smallest absolute Gasteiger partial charge is 0.0597 e. The molecule has 0 spiro atoms. The van der Waals surface area contributed by atoms with E-state index in [0.717, 1.165) is 25.2 Å². The Morgan fingerprint density at radius 3 is 2.75 bits per heavy atom. The Kier molecular flexibility index (Phi) is 5.34. The molecule has 1 atom stereocenters. The minimum atomic E-state index is 0.185. The summed E-state index contributed by atoms with van der Waals surface area (Å²) in [5.74, 6) is 0. The number of hydrogen-bond acceptors (Lipinski definition) is 4. The van der Waals surface area contributed by atoms with E-state index in [2.05, 4.69) is 39.8 Å². The van der Waals surface area contributed by atoms with Crippen molar-refractivity contribution >= 4 is 11.3 Å². The Labute approximate surface area is 124 Å². The van der Waals surface area contributed by atoms with Gasteiger partial charge in [-0.1, -0.05) is 6.92 Å². The van der Waals surface area contributed by atoms with Crippen molar-refractivity contribution in [3.8, 4) is 0 Å². The van der Waals surface area contributed by atoms with Gasteiger partial charge in [0.2, 0.25) is 0 Å². The molecular formula is C15H23N3OS. The average molecular weight is 293 g/mol. The van der Waals surface area contributed by atoms with Gasteiger partial charge < -0.3 is 5.11 Å². The maximum Gasteiger partial charge on any atom is 0.0597 e. The highest BCUT2D eigenvalue weighted by Crippen LogP contribution is 2.17. The summed E-state index contributed by atoms with van der Waals surface area (Å²) in [6.07, 6.45) is 0.942. The van der Waals surface area contributed by atoms with E-state index < -0.39 is 0 Å². The Bertz CT molecular complexity index is 517. The zero-order valence-electron chi connectivity index (χ0n) is 12.4. The Morgan fingerprint density at radius 1 is 1.45 bits per heavy atom. The van der Waals surface area contributed by atoms with Crippen molar-refractivity contribution in [2.24, 2.45) is 7.05 Å². The van der Waals surface area contributed by atoms with Crippen LogP contribution in [0.15, 0.2) is 22.9 Å². The molecule has 0 saturated carbocycles. The van der Waals surface area contributed by atoms with Crippen LogP contribution < -0.4 is 0 Å². The molecule has 0 fully saturated rings. The lowest BCUT2D eigenvalue weighted by Crippen LogP contribution is -2.37. The summed E-state index contributed by atoms with van der Waals surface area (Å²) < 4.78 is 1.93. The Morgan fingerprint density at radius 2 is 2.25 bits per heavy atom. The number of nitrogens with zero attached hydrogens (tertiary/aromatic N) is 3. The second kappa shape index (κ2) is 7.02. The van der Waals surface area contributed by atoms with E-state index in [1.807, 2.05) is 18.7 Å². The highest BCUT2D eigenvalue weighted by Gasteiger charge is 2.18. The van der Waals surface area contributed by atoms with Crippen molar-refractivity contribution < 1.29 is 5.11 Å². The first-order valence-corrected chi connectivity index (χ1v) is 7.93. The number of rotatable bonds is 7. The molecule has 4 nitrogen and oxygen atoms in total. The summed E-state index contributed by atoms with van der Waals surface area (Å²) in [4.78, 5) is 2.33. The predicted octanol–water partition coefficient (Wildman–Crippen LogP) is 2.56. The quantitative estimate of drug-likeness (QED) is 0.853. The van der Waals surface area contributed by atoms with Gasteiger partial charge in [-0.2, -0.15) is 16.4 Å². The van der Waals surface area contributed by atoms with Crippen LogP contribution in [0, 0.1) is 6.92 Å². The van der Waals surface area contributed by atoms with Gasteiger partial charge in [-0.05, 0) is 41.8 Å². The molecule has 0 radical (unpaired) electrons. The molecule has 0 aliphatic heterocycles. The highest BCUT2D eigenvalue weighted by atomic mass is 32.1. The van der Waals surface area contributed by atoms with Gasteiger partial charge in [-0.3, -0.25) is 9.58 Å². The average Bonchev–Trinajstić information content (AvgIpc) is 3.01. The number of aliphatic hydroxyl groups excluding tert-OH is 1. The van der Waals surface area contributed by atoms with Gasteiger partial charge in [0.15, 0.2) is 0 Å². The number of aromatic nitrogens is 2. The van der Waals surface area contributed by atoms with Gasteiger partial charge >= 0.3 is 0 Å². The molecule has 0 aliphatic rings. The molecule has 5 heteroatoms. The van der Waals surface area contributed by atoms with Crippen LogP contribution in [0.2, 0.25) is 0 Å². The van der Waals surface area contributed by atoms with Crippen molar-refractivity contribution in [1.29, 1.82) is 0 Å². The first-order valence-electron chi connectivity index (χ1n) is 6.99. The van der Waals surface area contributed by atoms with E-state index in [1.165, 1.54) is 11.3 Å². The zero-order chi connectivity index (χ0) is 14.5. The summed E-state index contributed by atoms with van der Waals surface area (Å²) in [6.45, 7) is 6.00. The molecular weight excluding hydrogens is 270 g/mol. The van der Waals surface area contributed by atoms with Gasteiger partial charge in [0, 0.05) is 26.2 Å². The molecule has 0 aromatic carbocycles. The van der Waals surface area contributed by atoms with Gasteiger partial charge in [-0.15, -0.1) is 0 Å². The molecule has 0 aliphatic carbocycles. The maximum atomic E-state index is 9.62. The van der Waals surface area contributed by atoms with Gasteiger partial charge in [0.1, 0.15) is 0 Å². The van der Waals surface area contributed by atoms with Crippen LogP contribution in [-0.4, -0.2) is 32.4 Å². The molecule has 0 saturated heterocycles. The largest absolute Gasteiger partial charge is 0.395 e. The predicted molar refractivity (Wildman–Crippen MR) is 82.7 cm³/mol. The summed E-state index contributed by atoms with van der Waals surface area (Å²) in [5, 5.41) is 18.3. The zero-order valence-corrected chi connectivity index (χ0v) is 13.2. The van der Waals surface area contributed by atoms with Crippen molar-refractivity contribution in [2.75, 3.05) is 6.61 Å². The summed E-state index contributed by atoms with van der Waals surface area (Å²) in [6, 6.07) is 4.45. The third-order valence-electron chi connectivity index (χ3n) is 3.63. The number of aryl methyl sites for hydroxylation is 2. The molecule has 2 aromatic heterocycles. The van der Waals surface area contributed by atoms with E-state index in [9.17, 15) is 5.11 Å². The van der Waals surface area contributed by atoms with Gasteiger partial charge in [-0.25, -0.2) is 0 Å². The summed E-state index contributed by atoms with van der Waals surface area (Å²) in [5.41, 5.74) is 3.53. The van der Waals surface area contributed by atoms with Crippen LogP contribution in [-0.2, 0) is 20.1 Å². The van der Waals surface area contributed by atoms with Crippen LogP contribution in [0.4, 0.5) is 0 Å².